The van der Waals surface area contributed by atoms with Gasteiger partial charge in [0.25, 0.3) is 0 Å². The maximum atomic E-state index is 10.9. The monoisotopic (exact) mass is 366 g/mol. The highest BCUT2D eigenvalue weighted by molar-refractivity contribution is 5.71. The molecule has 0 aliphatic heterocycles. The SMILES string of the molecule is C=CC(CCCCCCCCCCCCCCCCCCCC)C(=O)O. The van der Waals surface area contributed by atoms with E-state index < -0.39 is 5.97 Å². The summed E-state index contributed by atoms with van der Waals surface area (Å²) >= 11 is 0. The molecule has 1 N–H and O–H groups in total. The second-order valence-corrected chi connectivity index (χ2v) is 7.98. The third kappa shape index (κ3) is 18.0. The van der Waals surface area contributed by atoms with Crippen molar-refractivity contribution in [2.24, 2.45) is 5.92 Å². The molecule has 0 bridgehead atoms. The summed E-state index contributed by atoms with van der Waals surface area (Å²) in [6.07, 6.45) is 26.9. The Morgan fingerprint density at radius 1 is 0.692 bits per heavy atom. The molecule has 1 atom stereocenters. The first-order valence-corrected chi connectivity index (χ1v) is 11.6. The van der Waals surface area contributed by atoms with Crippen LogP contribution in [0.25, 0.3) is 0 Å². The van der Waals surface area contributed by atoms with Crippen LogP contribution in [0.15, 0.2) is 12.7 Å². The van der Waals surface area contributed by atoms with E-state index in [1.807, 2.05) is 0 Å². The Hall–Kier alpha value is -0.790. The summed E-state index contributed by atoms with van der Waals surface area (Å²) < 4.78 is 0. The Morgan fingerprint density at radius 3 is 1.27 bits per heavy atom. The second-order valence-electron chi connectivity index (χ2n) is 7.98. The maximum Gasteiger partial charge on any atom is 0.310 e. The number of aliphatic carboxylic acids is 1. The van der Waals surface area contributed by atoms with Gasteiger partial charge in [-0.1, -0.05) is 129 Å². The number of hydrogen-bond donors (Lipinski definition) is 1. The van der Waals surface area contributed by atoms with E-state index in [0.717, 1.165) is 19.3 Å². The molecule has 1 unspecified atom stereocenters. The zero-order valence-corrected chi connectivity index (χ0v) is 17.7. The van der Waals surface area contributed by atoms with Gasteiger partial charge in [0.15, 0.2) is 0 Å². The molecule has 0 radical (unpaired) electrons. The minimum atomic E-state index is -0.730. The minimum absolute atomic E-state index is 0.351. The van der Waals surface area contributed by atoms with E-state index >= 15 is 0 Å². The molecule has 0 aromatic heterocycles. The van der Waals surface area contributed by atoms with Crippen LogP contribution in [-0.4, -0.2) is 11.1 Å². The molecule has 26 heavy (non-hydrogen) atoms. The van der Waals surface area contributed by atoms with Crippen LogP contribution >= 0.6 is 0 Å². The summed E-state index contributed by atoms with van der Waals surface area (Å²) in [5.41, 5.74) is 0. The van der Waals surface area contributed by atoms with Gasteiger partial charge in [-0.25, -0.2) is 0 Å². The van der Waals surface area contributed by atoms with Gasteiger partial charge in [0.1, 0.15) is 0 Å². The first kappa shape index (κ1) is 25.2. The average Bonchev–Trinajstić information content (AvgIpc) is 2.63. The molecular formula is C24H46O2. The van der Waals surface area contributed by atoms with E-state index in [2.05, 4.69) is 13.5 Å². The van der Waals surface area contributed by atoms with Crippen LogP contribution in [0.1, 0.15) is 129 Å². The first-order valence-electron chi connectivity index (χ1n) is 11.6. The van der Waals surface area contributed by atoms with Crippen LogP contribution in [-0.2, 0) is 4.79 Å². The topological polar surface area (TPSA) is 37.3 Å². The normalized spacial score (nSPS) is 12.2. The molecule has 0 fully saturated rings. The third-order valence-electron chi connectivity index (χ3n) is 5.47. The van der Waals surface area contributed by atoms with Crippen LogP contribution < -0.4 is 0 Å². The van der Waals surface area contributed by atoms with Crippen molar-refractivity contribution in [2.75, 3.05) is 0 Å². The molecule has 154 valence electrons. The number of rotatable bonds is 21. The maximum absolute atomic E-state index is 10.9. The lowest BCUT2D eigenvalue weighted by Crippen LogP contribution is -2.10. The number of hydrogen-bond acceptors (Lipinski definition) is 1. The van der Waals surface area contributed by atoms with Gasteiger partial charge in [-0.2, -0.15) is 0 Å². The zero-order chi connectivity index (χ0) is 19.3. The standard InChI is InChI=1S/C24H46O2/c1-3-5-6-7-8-9-10-11-12-13-14-15-16-17-18-19-20-21-22-23(4-2)24(25)26/h4,23H,2-3,5-22H2,1H3,(H,25,26). The Balaban J connectivity index is 3.11. The average molecular weight is 367 g/mol. The third-order valence-corrected chi connectivity index (χ3v) is 5.47. The quantitative estimate of drug-likeness (QED) is 0.164. The van der Waals surface area contributed by atoms with Crippen molar-refractivity contribution >= 4 is 5.97 Å². The summed E-state index contributed by atoms with van der Waals surface area (Å²) in [7, 11) is 0. The van der Waals surface area contributed by atoms with Gasteiger partial charge >= 0.3 is 5.97 Å². The molecule has 2 nitrogen and oxygen atoms in total. The van der Waals surface area contributed by atoms with Gasteiger partial charge in [-0.05, 0) is 6.42 Å². The lowest BCUT2D eigenvalue weighted by molar-refractivity contribution is -0.140. The molecule has 0 rings (SSSR count). The number of carboxylic acid groups (broad SMARTS) is 1. The van der Waals surface area contributed by atoms with Gasteiger partial charge in [0.2, 0.25) is 0 Å². The minimum Gasteiger partial charge on any atom is -0.481 e. The highest BCUT2D eigenvalue weighted by Crippen LogP contribution is 2.16. The largest absolute Gasteiger partial charge is 0.481 e. The van der Waals surface area contributed by atoms with Crippen molar-refractivity contribution in [1.29, 1.82) is 0 Å². The summed E-state index contributed by atoms with van der Waals surface area (Å²) in [4.78, 5) is 10.9. The Bertz CT molecular complexity index is 311. The van der Waals surface area contributed by atoms with E-state index in [0.29, 0.717) is 0 Å². The van der Waals surface area contributed by atoms with Crippen LogP contribution in [0.4, 0.5) is 0 Å². The van der Waals surface area contributed by atoms with Crippen molar-refractivity contribution in [3.8, 4) is 0 Å². The molecule has 0 aromatic carbocycles. The zero-order valence-electron chi connectivity index (χ0n) is 17.7. The molecular weight excluding hydrogens is 320 g/mol. The molecule has 0 saturated carbocycles. The van der Waals surface area contributed by atoms with Gasteiger partial charge < -0.3 is 5.11 Å². The second kappa shape index (κ2) is 20.5. The molecule has 0 aliphatic rings. The van der Waals surface area contributed by atoms with Crippen LogP contribution in [0.5, 0.6) is 0 Å². The number of unbranched alkanes of at least 4 members (excludes halogenated alkanes) is 17. The van der Waals surface area contributed by atoms with E-state index in [9.17, 15) is 4.79 Å². The fraction of sp³-hybridized carbons (Fsp3) is 0.875. The van der Waals surface area contributed by atoms with Crippen LogP contribution in [0.3, 0.4) is 0 Å². The van der Waals surface area contributed by atoms with Crippen molar-refractivity contribution in [3.63, 3.8) is 0 Å². The van der Waals surface area contributed by atoms with Gasteiger partial charge in [-0.3, -0.25) is 4.79 Å². The summed E-state index contributed by atoms with van der Waals surface area (Å²) in [5, 5.41) is 8.95. The molecule has 0 aromatic rings. The van der Waals surface area contributed by atoms with E-state index in [1.54, 1.807) is 6.08 Å². The molecule has 0 amide bonds. The molecule has 0 aliphatic carbocycles. The van der Waals surface area contributed by atoms with Crippen molar-refractivity contribution < 1.29 is 9.90 Å². The number of carboxylic acids is 1. The molecule has 0 spiro atoms. The van der Waals surface area contributed by atoms with Crippen LogP contribution in [0.2, 0.25) is 0 Å². The lowest BCUT2D eigenvalue weighted by atomic mass is 10.00. The Kier molecular flexibility index (Phi) is 19.9. The van der Waals surface area contributed by atoms with Crippen molar-refractivity contribution in [1.82, 2.24) is 0 Å². The fourth-order valence-electron chi connectivity index (χ4n) is 3.61. The van der Waals surface area contributed by atoms with Gasteiger partial charge in [0, 0.05) is 0 Å². The van der Waals surface area contributed by atoms with Crippen molar-refractivity contribution in [2.45, 2.75) is 129 Å². The molecule has 2 heteroatoms. The number of carbonyl (C=O) groups is 1. The Morgan fingerprint density at radius 2 is 1.00 bits per heavy atom. The van der Waals surface area contributed by atoms with E-state index in [1.165, 1.54) is 103 Å². The highest BCUT2D eigenvalue weighted by Gasteiger charge is 2.11. The molecule has 0 saturated heterocycles. The van der Waals surface area contributed by atoms with Gasteiger partial charge in [0.05, 0.1) is 5.92 Å². The fourth-order valence-corrected chi connectivity index (χ4v) is 3.61. The van der Waals surface area contributed by atoms with Gasteiger partial charge in [-0.15, -0.1) is 6.58 Å². The molecule has 0 heterocycles. The first-order chi connectivity index (χ1) is 12.7. The summed E-state index contributed by atoms with van der Waals surface area (Å²) in [6, 6.07) is 0. The smallest absolute Gasteiger partial charge is 0.310 e. The van der Waals surface area contributed by atoms with E-state index in [4.69, 9.17) is 5.11 Å². The predicted molar refractivity (Wildman–Crippen MR) is 115 cm³/mol. The summed E-state index contributed by atoms with van der Waals surface area (Å²) in [5.74, 6) is -1.08. The summed E-state index contributed by atoms with van der Waals surface area (Å²) in [6.45, 7) is 5.88. The van der Waals surface area contributed by atoms with Crippen molar-refractivity contribution in [3.05, 3.63) is 12.7 Å². The van der Waals surface area contributed by atoms with Crippen LogP contribution in [0, 0.1) is 5.92 Å². The Labute approximate surface area is 163 Å². The predicted octanol–water partition coefficient (Wildman–Crippen LogP) is 8.31. The lowest BCUT2D eigenvalue weighted by Gasteiger charge is -2.06. The highest BCUT2D eigenvalue weighted by atomic mass is 16.4. The van der Waals surface area contributed by atoms with E-state index in [-0.39, 0.29) is 5.92 Å².